The summed E-state index contributed by atoms with van der Waals surface area (Å²) in [7, 11) is 0. The summed E-state index contributed by atoms with van der Waals surface area (Å²) in [5.74, 6) is 0.332. The van der Waals surface area contributed by atoms with Crippen molar-refractivity contribution in [3.05, 3.63) is 28.3 Å². The molecule has 5 nitrogen and oxygen atoms in total. The number of nitro groups is 1. The molecule has 1 aliphatic rings. The first kappa shape index (κ1) is 10.7. The lowest BCUT2D eigenvalue weighted by molar-refractivity contribution is -0.385. The van der Waals surface area contributed by atoms with E-state index in [1.165, 1.54) is 18.9 Å². The molecule has 0 atom stereocenters. The van der Waals surface area contributed by atoms with E-state index in [0.717, 1.165) is 5.69 Å². The molecule has 0 aliphatic heterocycles. The molecule has 0 saturated heterocycles. The van der Waals surface area contributed by atoms with E-state index in [4.69, 9.17) is 4.74 Å². The maximum atomic E-state index is 10.7. The Balaban J connectivity index is 2.22. The zero-order chi connectivity index (χ0) is 11.5. The van der Waals surface area contributed by atoms with Crippen LogP contribution in [0.15, 0.2) is 18.2 Å². The summed E-state index contributed by atoms with van der Waals surface area (Å²) in [5, 5.41) is 14.0. The van der Waals surface area contributed by atoms with Gasteiger partial charge in [-0.25, -0.2) is 0 Å². The molecular formula is C11H14N2O3. The van der Waals surface area contributed by atoms with E-state index in [0.29, 0.717) is 18.4 Å². The van der Waals surface area contributed by atoms with E-state index in [2.05, 4.69) is 5.32 Å². The molecule has 0 unspecified atom stereocenters. The maximum absolute atomic E-state index is 10.7. The van der Waals surface area contributed by atoms with Crippen LogP contribution in [0.1, 0.15) is 19.8 Å². The molecular weight excluding hydrogens is 208 g/mol. The minimum absolute atomic E-state index is 0.0168. The molecule has 86 valence electrons. The number of anilines is 1. The van der Waals surface area contributed by atoms with Gasteiger partial charge in [-0.3, -0.25) is 10.1 Å². The first-order chi connectivity index (χ1) is 7.70. The van der Waals surface area contributed by atoms with Crippen molar-refractivity contribution < 1.29 is 9.66 Å². The highest BCUT2D eigenvalue weighted by molar-refractivity contribution is 5.58. The second kappa shape index (κ2) is 4.38. The van der Waals surface area contributed by atoms with Crippen LogP contribution in [-0.2, 0) is 0 Å². The monoisotopic (exact) mass is 222 g/mol. The fourth-order valence-corrected chi connectivity index (χ4v) is 1.49. The molecule has 1 aromatic carbocycles. The minimum atomic E-state index is -0.425. The van der Waals surface area contributed by atoms with Crippen molar-refractivity contribution in [2.75, 3.05) is 11.9 Å². The molecule has 5 heteroatoms. The van der Waals surface area contributed by atoms with Crippen LogP contribution in [0.25, 0.3) is 0 Å². The SMILES string of the molecule is CCOc1cc(NC2CC2)ccc1[N+](=O)[O-]. The molecule has 1 aliphatic carbocycles. The van der Waals surface area contributed by atoms with Gasteiger partial charge >= 0.3 is 5.69 Å². The fraction of sp³-hybridized carbons (Fsp3) is 0.455. The lowest BCUT2D eigenvalue weighted by Crippen LogP contribution is -2.03. The third-order valence-electron chi connectivity index (χ3n) is 2.40. The summed E-state index contributed by atoms with van der Waals surface area (Å²) >= 11 is 0. The van der Waals surface area contributed by atoms with Crippen LogP contribution in [0.5, 0.6) is 5.75 Å². The Bertz CT molecular complexity index is 402. The number of nitrogens with one attached hydrogen (secondary N) is 1. The van der Waals surface area contributed by atoms with Gasteiger partial charge < -0.3 is 10.1 Å². The zero-order valence-electron chi connectivity index (χ0n) is 9.10. The first-order valence-electron chi connectivity index (χ1n) is 5.38. The summed E-state index contributed by atoms with van der Waals surface area (Å²) in [6.45, 7) is 2.23. The van der Waals surface area contributed by atoms with Crippen molar-refractivity contribution in [2.24, 2.45) is 0 Å². The number of hydrogen-bond acceptors (Lipinski definition) is 4. The number of nitro benzene ring substituents is 1. The van der Waals surface area contributed by atoms with Gasteiger partial charge in [0.25, 0.3) is 0 Å². The molecule has 16 heavy (non-hydrogen) atoms. The van der Waals surface area contributed by atoms with Gasteiger partial charge in [0.05, 0.1) is 11.5 Å². The van der Waals surface area contributed by atoms with Gasteiger partial charge in [-0.2, -0.15) is 0 Å². The highest BCUT2D eigenvalue weighted by Crippen LogP contribution is 2.32. The van der Waals surface area contributed by atoms with Gasteiger partial charge in [0.1, 0.15) is 0 Å². The molecule has 1 N–H and O–H groups in total. The Morgan fingerprint density at radius 2 is 2.31 bits per heavy atom. The Kier molecular flexibility index (Phi) is 2.94. The third kappa shape index (κ3) is 2.42. The van der Waals surface area contributed by atoms with Crippen LogP contribution in [0.2, 0.25) is 0 Å². The second-order valence-corrected chi connectivity index (χ2v) is 3.79. The molecule has 0 heterocycles. The number of ether oxygens (including phenoxy) is 1. The molecule has 0 radical (unpaired) electrons. The average molecular weight is 222 g/mol. The lowest BCUT2D eigenvalue weighted by Gasteiger charge is -2.08. The fourth-order valence-electron chi connectivity index (χ4n) is 1.49. The van der Waals surface area contributed by atoms with Crippen molar-refractivity contribution >= 4 is 11.4 Å². The van der Waals surface area contributed by atoms with E-state index >= 15 is 0 Å². The summed E-state index contributed by atoms with van der Waals surface area (Å²) < 4.78 is 5.26. The van der Waals surface area contributed by atoms with Gasteiger partial charge in [-0.05, 0) is 25.8 Å². The van der Waals surface area contributed by atoms with Gasteiger partial charge in [0.2, 0.25) is 0 Å². The molecule has 1 saturated carbocycles. The van der Waals surface area contributed by atoms with Crippen LogP contribution >= 0.6 is 0 Å². The van der Waals surface area contributed by atoms with Gasteiger partial charge in [0.15, 0.2) is 5.75 Å². The Hall–Kier alpha value is -1.78. The maximum Gasteiger partial charge on any atom is 0.311 e. The van der Waals surface area contributed by atoms with Crippen molar-refractivity contribution in [3.8, 4) is 5.75 Å². The summed E-state index contributed by atoms with van der Waals surface area (Å²) in [6.07, 6.45) is 2.34. The third-order valence-corrected chi connectivity index (χ3v) is 2.40. The predicted octanol–water partition coefficient (Wildman–Crippen LogP) is 2.57. The van der Waals surface area contributed by atoms with Crippen LogP contribution < -0.4 is 10.1 Å². The van der Waals surface area contributed by atoms with Crippen LogP contribution in [0.3, 0.4) is 0 Å². The summed E-state index contributed by atoms with van der Waals surface area (Å²) in [4.78, 5) is 10.3. The molecule has 0 spiro atoms. The van der Waals surface area contributed by atoms with Gasteiger partial charge in [-0.1, -0.05) is 0 Å². The smallest absolute Gasteiger partial charge is 0.311 e. The van der Waals surface area contributed by atoms with E-state index < -0.39 is 4.92 Å². The van der Waals surface area contributed by atoms with E-state index in [-0.39, 0.29) is 5.69 Å². The summed E-state index contributed by atoms with van der Waals surface area (Å²) in [6, 6.07) is 5.42. The van der Waals surface area contributed by atoms with Crippen molar-refractivity contribution in [1.29, 1.82) is 0 Å². The van der Waals surface area contributed by atoms with Gasteiger partial charge in [-0.15, -0.1) is 0 Å². The number of benzene rings is 1. The van der Waals surface area contributed by atoms with Crippen LogP contribution in [0.4, 0.5) is 11.4 Å². The largest absolute Gasteiger partial charge is 0.487 e. The summed E-state index contributed by atoms with van der Waals surface area (Å²) in [5.41, 5.74) is 0.903. The molecule has 0 aromatic heterocycles. The minimum Gasteiger partial charge on any atom is -0.487 e. The molecule has 0 bridgehead atoms. The van der Waals surface area contributed by atoms with Crippen molar-refractivity contribution in [2.45, 2.75) is 25.8 Å². The Morgan fingerprint density at radius 1 is 1.56 bits per heavy atom. The zero-order valence-corrected chi connectivity index (χ0v) is 9.10. The quantitative estimate of drug-likeness (QED) is 0.614. The topological polar surface area (TPSA) is 64.4 Å². The standard InChI is InChI=1S/C11H14N2O3/c1-2-16-11-7-9(12-8-3-4-8)5-6-10(11)13(14)15/h5-8,12H,2-4H2,1H3. The lowest BCUT2D eigenvalue weighted by atomic mass is 10.2. The van der Waals surface area contributed by atoms with Crippen molar-refractivity contribution in [1.82, 2.24) is 0 Å². The normalized spacial score (nSPS) is 14.6. The Morgan fingerprint density at radius 3 is 2.88 bits per heavy atom. The van der Waals surface area contributed by atoms with Crippen molar-refractivity contribution in [3.63, 3.8) is 0 Å². The number of nitrogens with zero attached hydrogens (tertiary/aromatic N) is 1. The second-order valence-electron chi connectivity index (χ2n) is 3.79. The average Bonchev–Trinajstić information content (AvgIpc) is 3.02. The number of rotatable bonds is 5. The first-order valence-corrected chi connectivity index (χ1v) is 5.38. The highest BCUT2D eigenvalue weighted by Gasteiger charge is 2.22. The van der Waals surface area contributed by atoms with E-state index in [1.807, 2.05) is 6.92 Å². The Labute approximate surface area is 93.6 Å². The van der Waals surface area contributed by atoms with E-state index in [1.54, 1.807) is 12.1 Å². The molecule has 2 rings (SSSR count). The predicted molar refractivity (Wildman–Crippen MR) is 60.9 cm³/mol. The molecule has 0 amide bonds. The number of hydrogen-bond donors (Lipinski definition) is 1. The van der Waals surface area contributed by atoms with Crippen LogP contribution in [-0.4, -0.2) is 17.6 Å². The molecule has 1 fully saturated rings. The van der Waals surface area contributed by atoms with E-state index in [9.17, 15) is 10.1 Å². The van der Waals surface area contributed by atoms with Gasteiger partial charge in [0, 0.05) is 23.9 Å². The molecule has 1 aromatic rings. The van der Waals surface area contributed by atoms with Crippen LogP contribution in [0, 0.1) is 10.1 Å². The highest BCUT2D eigenvalue weighted by atomic mass is 16.6.